The molecule has 0 aliphatic carbocycles. The monoisotopic (exact) mass is 253 g/mol. The van der Waals surface area contributed by atoms with Gasteiger partial charge in [-0.2, -0.15) is 5.10 Å². The van der Waals surface area contributed by atoms with Crippen molar-refractivity contribution in [3.63, 3.8) is 0 Å². The summed E-state index contributed by atoms with van der Waals surface area (Å²) >= 11 is 0. The average molecular weight is 253 g/mol. The van der Waals surface area contributed by atoms with Crippen LogP contribution < -0.4 is 5.32 Å². The fourth-order valence-electron chi connectivity index (χ4n) is 1.80. The highest BCUT2D eigenvalue weighted by atomic mass is 16.5. The summed E-state index contributed by atoms with van der Waals surface area (Å²) in [4.78, 5) is 23.8. The standard InChI is InChI=1S/C12H19N3O3/c1-7(6-18-5)13-12(17)11(16)10-8(2)14-15(4)9(10)3/h7H,6H2,1-5H3,(H,13,17). The van der Waals surface area contributed by atoms with Crippen molar-refractivity contribution in [2.45, 2.75) is 26.8 Å². The minimum Gasteiger partial charge on any atom is -0.383 e. The second-order valence-corrected chi connectivity index (χ2v) is 4.33. The van der Waals surface area contributed by atoms with Crippen LogP contribution in [0.3, 0.4) is 0 Å². The Morgan fingerprint density at radius 3 is 2.50 bits per heavy atom. The van der Waals surface area contributed by atoms with Crippen LogP contribution in [0.2, 0.25) is 0 Å². The Hall–Kier alpha value is -1.69. The summed E-state index contributed by atoms with van der Waals surface area (Å²) in [5, 5.41) is 6.71. The predicted octanol–water partition coefficient (Wildman–Crippen LogP) is 0.371. The van der Waals surface area contributed by atoms with E-state index < -0.39 is 11.7 Å². The van der Waals surface area contributed by atoms with Crippen LogP contribution in [0.1, 0.15) is 28.7 Å². The Morgan fingerprint density at radius 1 is 1.44 bits per heavy atom. The van der Waals surface area contributed by atoms with Crippen molar-refractivity contribution >= 4 is 11.7 Å². The lowest BCUT2D eigenvalue weighted by Crippen LogP contribution is -2.40. The van der Waals surface area contributed by atoms with Crippen LogP contribution in [0, 0.1) is 13.8 Å². The molecule has 0 saturated carbocycles. The third-order valence-electron chi connectivity index (χ3n) is 2.74. The zero-order valence-corrected chi connectivity index (χ0v) is 11.4. The van der Waals surface area contributed by atoms with E-state index in [1.54, 1.807) is 39.6 Å². The number of hydrogen-bond donors (Lipinski definition) is 1. The molecule has 0 aliphatic heterocycles. The highest BCUT2D eigenvalue weighted by Gasteiger charge is 2.24. The van der Waals surface area contributed by atoms with Crippen molar-refractivity contribution in [1.29, 1.82) is 0 Å². The van der Waals surface area contributed by atoms with Crippen molar-refractivity contribution in [1.82, 2.24) is 15.1 Å². The van der Waals surface area contributed by atoms with Crippen LogP contribution in [-0.2, 0) is 16.6 Å². The lowest BCUT2D eigenvalue weighted by molar-refractivity contribution is -0.117. The minimum atomic E-state index is -0.626. The predicted molar refractivity (Wildman–Crippen MR) is 66.5 cm³/mol. The van der Waals surface area contributed by atoms with Crippen LogP contribution in [0.4, 0.5) is 0 Å². The molecule has 0 bridgehead atoms. The normalized spacial score (nSPS) is 12.3. The molecule has 1 heterocycles. The van der Waals surface area contributed by atoms with E-state index in [0.717, 1.165) is 0 Å². The molecule has 0 aromatic carbocycles. The lowest BCUT2D eigenvalue weighted by atomic mass is 10.1. The van der Waals surface area contributed by atoms with E-state index in [1.807, 2.05) is 0 Å². The number of amides is 1. The molecule has 6 heteroatoms. The molecule has 1 unspecified atom stereocenters. The number of ether oxygens (including phenoxy) is 1. The Morgan fingerprint density at radius 2 is 2.06 bits per heavy atom. The SMILES string of the molecule is COCC(C)NC(=O)C(=O)c1c(C)nn(C)c1C. The molecule has 1 rings (SSSR count). The second-order valence-electron chi connectivity index (χ2n) is 4.33. The number of aryl methyl sites for hydroxylation is 2. The number of methoxy groups -OCH3 is 1. The number of aromatic nitrogens is 2. The topological polar surface area (TPSA) is 73.2 Å². The van der Waals surface area contributed by atoms with Gasteiger partial charge in [0.2, 0.25) is 0 Å². The summed E-state index contributed by atoms with van der Waals surface area (Å²) < 4.78 is 6.49. The van der Waals surface area contributed by atoms with Gasteiger partial charge in [-0.1, -0.05) is 0 Å². The number of rotatable bonds is 5. The molecule has 0 fully saturated rings. The first-order valence-electron chi connectivity index (χ1n) is 5.72. The van der Waals surface area contributed by atoms with E-state index in [4.69, 9.17) is 4.74 Å². The Kier molecular flexibility index (Phi) is 4.61. The number of carbonyl (C=O) groups excluding carboxylic acids is 2. The van der Waals surface area contributed by atoms with Gasteiger partial charge in [0.05, 0.1) is 17.9 Å². The largest absolute Gasteiger partial charge is 0.383 e. The van der Waals surface area contributed by atoms with Gasteiger partial charge in [-0.25, -0.2) is 0 Å². The molecule has 1 atom stereocenters. The quantitative estimate of drug-likeness (QED) is 0.608. The average Bonchev–Trinajstić information content (AvgIpc) is 2.52. The number of nitrogens with one attached hydrogen (secondary N) is 1. The van der Waals surface area contributed by atoms with Crippen molar-refractivity contribution in [3.05, 3.63) is 17.0 Å². The number of hydrogen-bond acceptors (Lipinski definition) is 4. The zero-order valence-electron chi connectivity index (χ0n) is 11.4. The lowest BCUT2D eigenvalue weighted by Gasteiger charge is -2.11. The zero-order chi connectivity index (χ0) is 13.9. The first-order chi connectivity index (χ1) is 8.38. The molecule has 6 nitrogen and oxygen atoms in total. The van der Waals surface area contributed by atoms with Crippen LogP contribution in [-0.4, -0.2) is 41.2 Å². The van der Waals surface area contributed by atoms with Gasteiger partial charge < -0.3 is 10.1 Å². The number of ketones is 1. The minimum absolute atomic E-state index is 0.205. The van der Waals surface area contributed by atoms with Crippen LogP contribution in [0.15, 0.2) is 0 Å². The van der Waals surface area contributed by atoms with Crippen LogP contribution in [0.25, 0.3) is 0 Å². The molecule has 18 heavy (non-hydrogen) atoms. The van der Waals surface area contributed by atoms with Crippen molar-refractivity contribution in [2.24, 2.45) is 7.05 Å². The number of carbonyl (C=O) groups is 2. The summed E-state index contributed by atoms with van der Waals surface area (Å²) in [5.41, 5.74) is 1.63. The highest BCUT2D eigenvalue weighted by molar-refractivity contribution is 6.43. The molecule has 100 valence electrons. The van der Waals surface area contributed by atoms with E-state index in [2.05, 4.69) is 10.4 Å². The summed E-state index contributed by atoms with van der Waals surface area (Å²) in [5.74, 6) is -1.18. The smallest absolute Gasteiger partial charge is 0.292 e. The number of Topliss-reactive ketones (excluding diaryl/α,β-unsaturated/α-hetero) is 1. The van der Waals surface area contributed by atoms with E-state index in [0.29, 0.717) is 23.6 Å². The molecule has 1 N–H and O–H groups in total. The summed E-state index contributed by atoms with van der Waals surface area (Å²) in [7, 11) is 3.28. The van der Waals surface area contributed by atoms with E-state index in [9.17, 15) is 9.59 Å². The third-order valence-corrected chi connectivity index (χ3v) is 2.74. The molecule has 0 saturated heterocycles. The Balaban J connectivity index is 2.84. The van der Waals surface area contributed by atoms with Gasteiger partial charge in [0, 0.05) is 25.9 Å². The van der Waals surface area contributed by atoms with Gasteiger partial charge in [-0.15, -0.1) is 0 Å². The van der Waals surface area contributed by atoms with Crippen molar-refractivity contribution in [3.8, 4) is 0 Å². The van der Waals surface area contributed by atoms with Gasteiger partial charge >= 0.3 is 0 Å². The maximum absolute atomic E-state index is 12.0. The molecule has 0 spiro atoms. The Bertz CT molecular complexity index is 465. The van der Waals surface area contributed by atoms with E-state index >= 15 is 0 Å². The van der Waals surface area contributed by atoms with E-state index in [-0.39, 0.29) is 6.04 Å². The number of nitrogens with zero attached hydrogens (tertiary/aromatic N) is 2. The van der Waals surface area contributed by atoms with Crippen molar-refractivity contribution in [2.75, 3.05) is 13.7 Å². The van der Waals surface area contributed by atoms with Gasteiger partial charge in [0.15, 0.2) is 0 Å². The van der Waals surface area contributed by atoms with E-state index in [1.165, 1.54) is 0 Å². The molecular weight excluding hydrogens is 234 g/mol. The van der Waals surface area contributed by atoms with Gasteiger partial charge in [-0.3, -0.25) is 14.3 Å². The third kappa shape index (κ3) is 2.95. The van der Waals surface area contributed by atoms with Gasteiger partial charge in [-0.05, 0) is 20.8 Å². The molecular formula is C12H19N3O3. The molecule has 0 radical (unpaired) electrons. The molecule has 1 amide bonds. The molecule has 1 aromatic rings. The maximum Gasteiger partial charge on any atom is 0.292 e. The van der Waals surface area contributed by atoms with Crippen molar-refractivity contribution < 1.29 is 14.3 Å². The fraction of sp³-hybridized carbons (Fsp3) is 0.583. The second kappa shape index (κ2) is 5.77. The van der Waals surface area contributed by atoms with Crippen LogP contribution in [0.5, 0.6) is 0 Å². The van der Waals surface area contributed by atoms with Crippen LogP contribution >= 0.6 is 0 Å². The van der Waals surface area contributed by atoms with Gasteiger partial charge in [0.25, 0.3) is 11.7 Å². The highest BCUT2D eigenvalue weighted by Crippen LogP contribution is 2.12. The molecule has 1 aromatic heterocycles. The fourth-order valence-corrected chi connectivity index (χ4v) is 1.80. The first-order valence-corrected chi connectivity index (χ1v) is 5.72. The first kappa shape index (κ1) is 14.4. The Labute approximate surface area is 106 Å². The summed E-state index contributed by atoms with van der Waals surface area (Å²) in [6.07, 6.45) is 0. The summed E-state index contributed by atoms with van der Waals surface area (Å²) in [6, 6.07) is -0.205. The van der Waals surface area contributed by atoms with Gasteiger partial charge in [0.1, 0.15) is 0 Å². The maximum atomic E-state index is 12.0. The summed E-state index contributed by atoms with van der Waals surface area (Å²) in [6.45, 7) is 5.62. The molecule has 0 aliphatic rings.